The quantitative estimate of drug-likeness (QED) is 0.642. The van der Waals surface area contributed by atoms with E-state index in [9.17, 15) is 13.7 Å². The monoisotopic (exact) mass is 421 g/mol. The molecule has 3 nitrogen and oxygen atoms in total. The summed E-state index contributed by atoms with van der Waals surface area (Å²) in [6.45, 7) is 0. The van der Waals surface area contributed by atoms with E-state index in [-0.39, 0.29) is 19.8 Å². The van der Waals surface area contributed by atoms with Gasteiger partial charge in [0.05, 0.1) is 13.7 Å². The van der Waals surface area contributed by atoms with Crippen LogP contribution < -0.4 is 0 Å². The Balaban J connectivity index is 2.58. The lowest BCUT2D eigenvalue weighted by Crippen LogP contribution is -2.04. The van der Waals surface area contributed by atoms with Crippen LogP contribution in [-0.2, 0) is 9.84 Å². The Morgan fingerprint density at radius 2 is 2.00 bits per heavy atom. The molecule has 0 aliphatic heterocycles. The van der Waals surface area contributed by atoms with Crippen LogP contribution >= 0.6 is 50.5 Å². The number of nitriles is 1. The first-order chi connectivity index (χ1) is 9.84. The molecule has 108 valence electrons. The normalized spacial score (nSPS) is 12.2. The summed E-state index contributed by atoms with van der Waals surface area (Å²) >= 11 is 16.3. The third-order valence-corrected chi connectivity index (χ3v) is 6.40. The van der Waals surface area contributed by atoms with Crippen LogP contribution in [0.1, 0.15) is 4.88 Å². The van der Waals surface area contributed by atoms with Crippen LogP contribution in [0.25, 0.3) is 6.08 Å². The SMILES string of the molecule is N#C/C(=C\c1ccc(Br)s1)S(=O)(=O)c1cc(Cl)ccc1Cl. The smallest absolute Gasteiger partial charge is 0.218 e. The first-order valence-electron chi connectivity index (χ1n) is 5.42. The second-order valence-electron chi connectivity index (χ2n) is 3.84. The molecule has 0 spiro atoms. The van der Waals surface area contributed by atoms with Crippen molar-refractivity contribution in [3.8, 4) is 6.07 Å². The lowest BCUT2D eigenvalue weighted by molar-refractivity contribution is 0.603. The number of hydrogen-bond donors (Lipinski definition) is 0. The van der Waals surface area contributed by atoms with Crippen molar-refractivity contribution in [3.05, 3.63) is 53.9 Å². The first kappa shape index (κ1) is 16.5. The van der Waals surface area contributed by atoms with Crippen molar-refractivity contribution in [2.24, 2.45) is 0 Å². The average molecular weight is 423 g/mol. The van der Waals surface area contributed by atoms with Crippen LogP contribution in [0.2, 0.25) is 10.0 Å². The lowest BCUT2D eigenvalue weighted by Gasteiger charge is -2.05. The maximum atomic E-state index is 12.5. The van der Waals surface area contributed by atoms with Crippen LogP contribution in [0.4, 0.5) is 0 Å². The molecule has 0 N–H and O–H groups in total. The van der Waals surface area contributed by atoms with E-state index in [1.165, 1.54) is 35.6 Å². The summed E-state index contributed by atoms with van der Waals surface area (Å²) in [5.41, 5.74) is 0. The van der Waals surface area contributed by atoms with E-state index in [4.69, 9.17) is 23.2 Å². The molecule has 1 heterocycles. The summed E-state index contributed by atoms with van der Waals surface area (Å²) in [5, 5.41) is 9.42. The predicted molar refractivity (Wildman–Crippen MR) is 89.3 cm³/mol. The van der Waals surface area contributed by atoms with E-state index in [0.29, 0.717) is 4.88 Å². The van der Waals surface area contributed by atoms with Gasteiger partial charge in [0.2, 0.25) is 9.84 Å². The Labute approximate surface area is 144 Å². The largest absolute Gasteiger partial charge is 0.218 e. The van der Waals surface area contributed by atoms with E-state index >= 15 is 0 Å². The highest BCUT2D eigenvalue weighted by Gasteiger charge is 2.24. The van der Waals surface area contributed by atoms with Crippen molar-refractivity contribution in [2.45, 2.75) is 4.90 Å². The minimum atomic E-state index is -4.02. The van der Waals surface area contributed by atoms with E-state index in [0.717, 1.165) is 3.79 Å². The Morgan fingerprint density at radius 1 is 1.29 bits per heavy atom. The van der Waals surface area contributed by atoms with Gasteiger partial charge in [-0.1, -0.05) is 23.2 Å². The summed E-state index contributed by atoms with van der Waals surface area (Å²) in [4.78, 5) is 0.0706. The van der Waals surface area contributed by atoms with Crippen molar-refractivity contribution in [1.29, 1.82) is 5.26 Å². The third-order valence-electron chi connectivity index (χ3n) is 2.45. The maximum absolute atomic E-state index is 12.5. The molecule has 0 aliphatic rings. The molecule has 0 atom stereocenters. The summed E-state index contributed by atoms with van der Waals surface area (Å²) in [6.07, 6.45) is 1.31. The van der Waals surface area contributed by atoms with Gasteiger partial charge in [-0.2, -0.15) is 5.26 Å². The highest BCUT2D eigenvalue weighted by Crippen LogP contribution is 2.31. The molecule has 0 saturated carbocycles. The highest BCUT2D eigenvalue weighted by atomic mass is 79.9. The molecule has 0 saturated heterocycles. The topological polar surface area (TPSA) is 57.9 Å². The molecule has 8 heteroatoms. The fourth-order valence-electron chi connectivity index (χ4n) is 1.51. The van der Waals surface area contributed by atoms with Crippen molar-refractivity contribution >= 4 is 66.4 Å². The molecule has 2 rings (SSSR count). The van der Waals surface area contributed by atoms with Crippen molar-refractivity contribution in [3.63, 3.8) is 0 Å². The van der Waals surface area contributed by atoms with Crippen LogP contribution in [0, 0.1) is 11.3 Å². The van der Waals surface area contributed by atoms with Gasteiger partial charge in [-0.25, -0.2) is 8.42 Å². The van der Waals surface area contributed by atoms with Crippen molar-refractivity contribution < 1.29 is 8.42 Å². The zero-order valence-corrected chi connectivity index (χ0v) is 14.9. The van der Waals surface area contributed by atoms with Gasteiger partial charge >= 0.3 is 0 Å². The summed E-state index contributed by atoms with van der Waals surface area (Å²) in [5.74, 6) is 0. The number of halogens is 3. The van der Waals surface area contributed by atoms with Crippen molar-refractivity contribution in [1.82, 2.24) is 0 Å². The molecule has 0 unspecified atom stereocenters. The molecule has 0 bridgehead atoms. The van der Waals surface area contributed by atoms with Crippen LogP contribution in [0.15, 0.2) is 43.9 Å². The van der Waals surface area contributed by atoms with E-state index < -0.39 is 9.84 Å². The van der Waals surface area contributed by atoms with Crippen LogP contribution in [0.3, 0.4) is 0 Å². The van der Waals surface area contributed by atoms with Gasteiger partial charge in [-0.15, -0.1) is 11.3 Å². The van der Waals surface area contributed by atoms with Gasteiger partial charge < -0.3 is 0 Å². The fraction of sp³-hybridized carbons (Fsp3) is 0. The number of benzene rings is 1. The molecule has 0 amide bonds. The lowest BCUT2D eigenvalue weighted by atomic mass is 10.4. The van der Waals surface area contributed by atoms with Gasteiger partial charge in [0.25, 0.3) is 0 Å². The number of sulfone groups is 1. The fourth-order valence-corrected chi connectivity index (χ4v) is 4.85. The second kappa shape index (κ2) is 6.51. The number of thiophene rings is 1. The Bertz CT molecular complexity index is 867. The zero-order chi connectivity index (χ0) is 15.6. The summed E-state index contributed by atoms with van der Waals surface area (Å²) < 4.78 is 25.9. The molecule has 0 aliphatic carbocycles. The number of nitrogens with zero attached hydrogens (tertiary/aromatic N) is 1. The van der Waals surface area contributed by atoms with Crippen LogP contribution in [0.5, 0.6) is 0 Å². The molecular formula is C13H6BrCl2NO2S2. The predicted octanol–water partition coefficient (Wildman–Crippen LogP) is 5.16. The molecule has 21 heavy (non-hydrogen) atoms. The van der Waals surface area contributed by atoms with Gasteiger partial charge in [0.15, 0.2) is 4.91 Å². The summed E-state index contributed by atoms with van der Waals surface area (Å²) in [6, 6.07) is 9.28. The average Bonchev–Trinajstić information content (AvgIpc) is 2.84. The molecule has 1 aromatic heterocycles. The summed E-state index contributed by atoms with van der Waals surface area (Å²) in [7, 11) is -4.02. The van der Waals surface area contributed by atoms with Gasteiger partial charge in [-0.3, -0.25) is 0 Å². The van der Waals surface area contributed by atoms with Crippen LogP contribution in [-0.4, -0.2) is 8.42 Å². The highest BCUT2D eigenvalue weighted by molar-refractivity contribution is 9.11. The number of rotatable bonds is 3. The third kappa shape index (κ3) is 3.68. The van der Waals surface area contributed by atoms with Crippen molar-refractivity contribution in [2.75, 3.05) is 0 Å². The molecule has 0 fully saturated rings. The minimum absolute atomic E-state index is 0.0212. The van der Waals surface area contributed by atoms with Gasteiger partial charge in [-0.05, 0) is 52.3 Å². The second-order valence-corrected chi connectivity index (χ2v) is 9.07. The Hall–Kier alpha value is -0.840. The van der Waals surface area contributed by atoms with E-state index in [2.05, 4.69) is 15.9 Å². The van der Waals surface area contributed by atoms with Gasteiger partial charge in [0, 0.05) is 9.90 Å². The number of hydrogen-bond acceptors (Lipinski definition) is 4. The maximum Gasteiger partial charge on any atom is 0.218 e. The standard InChI is InChI=1S/C13H6BrCl2NO2S2/c14-13-4-2-9(20-13)6-10(7-17)21(18,19)12-5-8(15)1-3-11(12)16/h1-6H/b10-6+. The molecule has 2 aromatic rings. The number of allylic oxidation sites excluding steroid dienone is 1. The first-order valence-corrected chi connectivity index (χ1v) is 9.27. The molecule has 0 radical (unpaired) electrons. The van der Waals surface area contributed by atoms with Gasteiger partial charge in [0.1, 0.15) is 6.07 Å². The zero-order valence-electron chi connectivity index (χ0n) is 10.2. The van der Waals surface area contributed by atoms with E-state index in [1.807, 2.05) is 0 Å². The Morgan fingerprint density at radius 3 is 2.57 bits per heavy atom. The minimum Gasteiger partial charge on any atom is -0.218 e. The Kier molecular flexibility index (Phi) is 5.12. The van der Waals surface area contributed by atoms with E-state index in [1.54, 1.807) is 18.2 Å². The molecular weight excluding hydrogens is 417 g/mol. The molecule has 1 aromatic carbocycles.